The Hall–Kier alpha value is -0.940. The maximum atomic E-state index is 13.0. The fourth-order valence-corrected chi connectivity index (χ4v) is 1.32. The number of hydrogen-bond donors (Lipinski definition) is 1. The summed E-state index contributed by atoms with van der Waals surface area (Å²) < 4.78 is 38.7. The molecule has 0 heterocycles. The zero-order chi connectivity index (χ0) is 11.8. The van der Waals surface area contributed by atoms with Crippen molar-refractivity contribution in [2.45, 2.75) is 5.92 Å². The normalized spacial score (nSPS) is 11.5. The fraction of sp³-hybridized carbons (Fsp3) is 0.125. The van der Waals surface area contributed by atoms with Crippen LogP contribution in [0.15, 0.2) is 12.1 Å². The van der Waals surface area contributed by atoms with Gasteiger partial charge < -0.3 is 5.11 Å². The number of hydrogen-bond acceptors (Lipinski definition) is 1. The van der Waals surface area contributed by atoms with Gasteiger partial charge in [-0.05, 0) is 12.1 Å². The second kappa shape index (κ2) is 3.90. The molecule has 1 aromatic carbocycles. The van der Waals surface area contributed by atoms with Crippen molar-refractivity contribution in [1.29, 1.82) is 0 Å². The monoisotopic (exact) mass is 258 g/mol. The molecule has 82 valence electrons. The van der Waals surface area contributed by atoms with Crippen LogP contribution >= 0.6 is 23.2 Å². The molecule has 0 bridgehead atoms. The molecule has 0 spiro atoms. The predicted octanol–water partition coefficient (Wildman–Crippen LogP) is 3.31. The summed E-state index contributed by atoms with van der Waals surface area (Å²) in [4.78, 5) is 10.2. The van der Waals surface area contributed by atoms with Gasteiger partial charge in [0.25, 0.3) is 0 Å². The Bertz CT molecular complexity index is 421. The molecule has 0 aliphatic carbocycles. The molecule has 0 fully saturated rings. The lowest BCUT2D eigenvalue weighted by atomic mass is 10.1. The average Bonchev–Trinajstić information content (AvgIpc) is 2.13. The lowest BCUT2D eigenvalue weighted by molar-refractivity contribution is -0.166. The van der Waals surface area contributed by atoms with Crippen LogP contribution in [-0.4, -0.2) is 11.1 Å². The van der Waals surface area contributed by atoms with Crippen LogP contribution in [0.25, 0.3) is 0 Å². The van der Waals surface area contributed by atoms with Crippen molar-refractivity contribution in [3.8, 4) is 0 Å². The summed E-state index contributed by atoms with van der Waals surface area (Å²) in [5, 5.41) is 6.71. The molecule has 0 amide bonds. The van der Waals surface area contributed by atoms with E-state index in [1.165, 1.54) is 0 Å². The van der Waals surface area contributed by atoms with Crippen LogP contribution in [0.5, 0.6) is 0 Å². The van der Waals surface area contributed by atoms with E-state index < -0.39 is 33.3 Å². The predicted molar refractivity (Wildman–Crippen MR) is 47.9 cm³/mol. The van der Waals surface area contributed by atoms with Crippen LogP contribution in [0, 0.1) is 5.82 Å². The fourth-order valence-electron chi connectivity index (χ4n) is 0.884. The first-order valence-corrected chi connectivity index (χ1v) is 4.29. The van der Waals surface area contributed by atoms with Gasteiger partial charge in [-0.3, -0.25) is 0 Å². The highest BCUT2D eigenvalue weighted by atomic mass is 35.5. The third-order valence-electron chi connectivity index (χ3n) is 1.64. The molecular formula is C8H3Cl2F3O2. The molecule has 1 rings (SSSR count). The van der Waals surface area contributed by atoms with E-state index in [0.717, 1.165) is 0 Å². The second-order valence-electron chi connectivity index (χ2n) is 2.60. The minimum Gasteiger partial charge on any atom is -0.477 e. The second-order valence-corrected chi connectivity index (χ2v) is 3.36. The Morgan fingerprint density at radius 1 is 1.27 bits per heavy atom. The zero-order valence-electron chi connectivity index (χ0n) is 6.90. The van der Waals surface area contributed by atoms with Crippen LogP contribution < -0.4 is 0 Å². The van der Waals surface area contributed by atoms with Crippen molar-refractivity contribution in [3.05, 3.63) is 33.6 Å². The Labute approximate surface area is 92.2 Å². The molecule has 0 aliphatic rings. The van der Waals surface area contributed by atoms with Gasteiger partial charge in [0, 0.05) is 0 Å². The van der Waals surface area contributed by atoms with Crippen molar-refractivity contribution in [2.75, 3.05) is 0 Å². The van der Waals surface area contributed by atoms with E-state index in [9.17, 15) is 18.0 Å². The highest BCUT2D eigenvalue weighted by Gasteiger charge is 2.43. The molecule has 0 aromatic heterocycles. The number of rotatable bonds is 2. The van der Waals surface area contributed by atoms with E-state index in [4.69, 9.17) is 28.3 Å². The number of carbonyl (C=O) groups is 1. The van der Waals surface area contributed by atoms with Crippen molar-refractivity contribution in [2.24, 2.45) is 0 Å². The molecule has 0 unspecified atom stereocenters. The Morgan fingerprint density at radius 2 is 1.80 bits per heavy atom. The first-order valence-electron chi connectivity index (χ1n) is 3.53. The molecule has 0 atom stereocenters. The van der Waals surface area contributed by atoms with Gasteiger partial charge in [-0.1, -0.05) is 23.2 Å². The average molecular weight is 259 g/mol. The molecule has 0 saturated carbocycles. The maximum absolute atomic E-state index is 13.0. The maximum Gasteiger partial charge on any atom is 0.379 e. The summed E-state index contributed by atoms with van der Waals surface area (Å²) >= 11 is 10.6. The van der Waals surface area contributed by atoms with Gasteiger partial charge in [0.2, 0.25) is 0 Å². The van der Waals surface area contributed by atoms with Crippen LogP contribution in [0.3, 0.4) is 0 Å². The smallest absolute Gasteiger partial charge is 0.379 e. The van der Waals surface area contributed by atoms with Crippen LogP contribution in [0.2, 0.25) is 10.0 Å². The Kier molecular flexibility index (Phi) is 3.16. The van der Waals surface area contributed by atoms with Crippen molar-refractivity contribution in [3.63, 3.8) is 0 Å². The standard InChI is InChI=1S/C8H3Cl2F3O2/c9-5-3(8(12,13)7(14)15)1-2-4(11)6(5)10/h1-2H,(H,14,15). The summed E-state index contributed by atoms with van der Waals surface area (Å²) in [7, 11) is 0. The summed E-state index contributed by atoms with van der Waals surface area (Å²) in [5.74, 6) is -7.58. The molecule has 2 nitrogen and oxygen atoms in total. The summed E-state index contributed by atoms with van der Waals surface area (Å²) in [6.45, 7) is 0. The number of benzene rings is 1. The number of carboxylic acid groups (broad SMARTS) is 1. The first-order chi connectivity index (χ1) is 6.78. The van der Waals surface area contributed by atoms with Crippen LogP contribution in [-0.2, 0) is 10.7 Å². The summed E-state index contributed by atoms with van der Waals surface area (Å²) in [6, 6.07) is 1.21. The van der Waals surface area contributed by atoms with Crippen molar-refractivity contribution in [1.82, 2.24) is 0 Å². The van der Waals surface area contributed by atoms with Crippen molar-refractivity contribution >= 4 is 29.2 Å². The van der Waals surface area contributed by atoms with E-state index in [1.807, 2.05) is 0 Å². The molecule has 0 saturated heterocycles. The lowest BCUT2D eigenvalue weighted by Gasteiger charge is -2.13. The highest BCUT2D eigenvalue weighted by molar-refractivity contribution is 6.42. The Balaban J connectivity index is 3.40. The van der Waals surface area contributed by atoms with Crippen molar-refractivity contribution < 1.29 is 23.1 Å². The van der Waals surface area contributed by atoms with Gasteiger partial charge in [-0.15, -0.1) is 0 Å². The van der Waals surface area contributed by atoms with Gasteiger partial charge >= 0.3 is 11.9 Å². The number of carboxylic acids is 1. The third-order valence-corrected chi connectivity index (χ3v) is 2.50. The van der Waals surface area contributed by atoms with E-state index in [-0.39, 0.29) is 0 Å². The van der Waals surface area contributed by atoms with Gasteiger partial charge in [0.05, 0.1) is 15.6 Å². The van der Waals surface area contributed by atoms with Gasteiger partial charge in [0.15, 0.2) is 0 Å². The molecule has 1 N–H and O–H groups in total. The molecule has 0 radical (unpaired) electrons. The minimum atomic E-state index is -4.20. The summed E-state index contributed by atoms with van der Waals surface area (Å²) in [5.41, 5.74) is -1.04. The van der Waals surface area contributed by atoms with E-state index in [1.54, 1.807) is 0 Å². The quantitative estimate of drug-likeness (QED) is 0.827. The molecule has 7 heteroatoms. The third kappa shape index (κ3) is 2.03. The number of aliphatic carboxylic acids is 1. The largest absolute Gasteiger partial charge is 0.477 e. The molecule has 15 heavy (non-hydrogen) atoms. The first kappa shape index (κ1) is 12.1. The lowest BCUT2D eigenvalue weighted by Crippen LogP contribution is -2.25. The van der Waals surface area contributed by atoms with Gasteiger partial charge in [0.1, 0.15) is 5.82 Å². The van der Waals surface area contributed by atoms with Crippen LogP contribution in [0.1, 0.15) is 5.56 Å². The highest BCUT2D eigenvalue weighted by Crippen LogP contribution is 2.38. The minimum absolute atomic E-state index is 0.581. The number of halogens is 5. The van der Waals surface area contributed by atoms with Gasteiger partial charge in [-0.2, -0.15) is 8.78 Å². The SMILES string of the molecule is O=C(O)C(F)(F)c1ccc(F)c(Cl)c1Cl. The topological polar surface area (TPSA) is 37.3 Å². The molecular weight excluding hydrogens is 256 g/mol. The van der Waals surface area contributed by atoms with Crippen LogP contribution in [0.4, 0.5) is 13.2 Å². The van der Waals surface area contributed by atoms with E-state index >= 15 is 0 Å². The molecule has 1 aromatic rings. The molecule has 0 aliphatic heterocycles. The Morgan fingerprint density at radius 3 is 2.27 bits per heavy atom. The van der Waals surface area contributed by atoms with Gasteiger partial charge in [-0.25, -0.2) is 9.18 Å². The van der Waals surface area contributed by atoms with E-state index in [2.05, 4.69) is 0 Å². The summed E-state index contributed by atoms with van der Waals surface area (Å²) in [6.07, 6.45) is 0. The van der Waals surface area contributed by atoms with E-state index in [0.29, 0.717) is 12.1 Å². The number of alkyl halides is 2. The zero-order valence-corrected chi connectivity index (χ0v) is 8.41.